The van der Waals surface area contributed by atoms with Crippen molar-refractivity contribution in [2.45, 2.75) is 19.9 Å². The fourth-order valence-electron chi connectivity index (χ4n) is 1.95. The number of rotatable bonds is 5. The van der Waals surface area contributed by atoms with E-state index in [1.54, 1.807) is 0 Å². The van der Waals surface area contributed by atoms with Gasteiger partial charge in [0.25, 0.3) is 0 Å². The molecule has 0 saturated carbocycles. The van der Waals surface area contributed by atoms with Crippen LogP contribution in [0.3, 0.4) is 0 Å². The average Bonchev–Trinajstić information content (AvgIpc) is 2.45. The molecule has 2 N–H and O–H groups in total. The number of hydrogen-bond acceptors (Lipinski definition) is 4. The summed E-state index contributed by atoms with van der Waals surface area (Å²) in [6, 6.07) is 10.1. The van der Waals surface area contributed by atoms with E-state index in [0.29, 0.717) is 6.54 Å². The lowest BCUT2D eigenvalue weighted by Gasteiger charge is -2.19. The number of nitrogens with zero attached hydrogens (tertiary/aromatic N) is 3. The van der Waals surface area contributed by atoms with Crippen molar-refractivity contribution in [3.05, 3.63) is 53.5 Å². The summed E-state index contributed by atoms with van der Waals surface area (Å²) in [5.74, 6) is 0.977. The fraction of sp³-hybridized carbons (Fsp3) is 0.333. The van der Waals surface area contributed by atoms with Crippen LogP contribution in [0.2, 0.25) is 0 Å². The molecule has 4 heteroatoms. The van der Waals surface area contributed by atoms with Crippen LogP contribution in [-0.2, 0) is 13.0 Å². The Morgan fingerprint density at radius 1 is 1.21 bits per heavy atom. The molecule has 0 aromatic carbocycles. The predicted octanol–water partition coefficient (Wildman–Crippen LogP) is 1.92. The maximum Gasteiger partial charge on any atom is 0.128 e. The summed E-state index contributed by atoms with van der Waals surface area (Å²) in [4.78, 5) is 11.0. The Morgan fingerprint density at radius 2 is 2.05 bits per heavy atom. The molecule has 0 amide bonds. The van der Waals surface area contributed by atoms with Crippen LogP contribution in [0.15, 0.2) is 36.5 Å². The molecule has 2 heterocycles. The van der Waals surface area contributed by atoms with E-state index in [1.165, 1.54) is 0 Å². The lowest BCUT2D eigenvalue weighted by Crippen LogP contribution is -2.22. The Hall–Kier alpha value is -1.94. The maximum atomic E-state index is 5.65. The van der Waals surface area contributed by atoms with Gasteiger partial charge in [0.05, 0.1) is 0 Å². The molecule has 0 aliphatic rings. The molecule has 19 heavy (non-hydrogen) atoms. The zero-order valence-corrected chi connectivity index (χ0v) is 11.5. The fourth-order valence-corrected chi connectivity index (χ4v) is 1.95. The van der Waals surface area contributed by atoms with Crippen molar-refractivity contribution >= 4 is 5.82 Å². The highest BCUT2D eigenvalue weighted by molar-refractivity contribution is 5.41. The number of likely N-dealkylation sites (N-methyl/N-ethyl adjacent to an activating group) is 1. The first kappa shape index (κ1) is 13.5. The van der Waals surface area contributed by atoms with Crippen LogP contribution in [0, 0.1) is 6.92 Å². The van der Waals surface area contributed by atoms with Gasteiger partial charge in [0.15, 0.2) is 0 Å². The van der Waals surface area contributed by atoms with Gasteiger partial charge in [-0.15, -0.1) is 0 Å². The Kier molecular flexibility index (Phi) is 4.47. The second kappa shape index (κ2) is 6.29. The summed E-state index contributed by atoms with van der Waals surface area (Å²) in [5, 5.41) is 0. The van der Waals surface area contributed by atoms with Gasteiger partial charge in [-0.05, 0) is 30.7 Å². The molecule has 0 aliphatic carbocycles. The molecule has 0 aliphatic heterocycles. The van der Waals surface area contributed by atoms with E-state index in [9.17, 15) is 0 Å². The third-order valence-electron chi connectivity index (χ3n) is 3.22. The van der Waals surface area contributed by atoms with Crippen LogP contribution in [0.5, 0.6) is 0 Å². The summed E-state index contributed by atoms with van der Waals surface area (Å²) < 4.78 is 0. The molecule has 2 aromatic rings. The molecule has 100 valence electrons. The lowest BCUT2D eigenvalue weighted by molar-refractivity contribution is 0.833. The zero-order valence-electron chi connectivity index (χ0n) is 11.5. The number of nitrogens with two attached hydrogens (primary N) is 1. The van der Waals surface area contributed by atoms with E-state index >= 15 is 0 Å². The third-order valence-corrected chi connectivity index (χ3v) is 3.22. The Morgan fingerprint density at radius 3 is 2.68 bits per heavy atom. The number of aryl methyl sites for hydroxylation is 1. The van der Waals surface area contributed by atoms with Gasteiger partial charge in [0, 0.05) is 44.1 Å². The summed E-state index contributed by atoms with van der Waals surface area (Å²) >= 11 is 0. The third kappa shape index (κ3) is 3.51. The van der Waals surface area contributed by atoms with Crippen molar-refractivity contribution in [3.63, 3.8) is 0 Å². The molecule has 0 atom stereocenters. The van der Waals surface area contributed by atoms with Crippen molar-refractivity contribution in [1.29, 1.82) is 0 Å². The Bertz CT molecular complexity index is 525. The van der Waals surface area contributed by atoms with Crippen molar-refractivity contribution in [3.8, 4) is 0 Å². The highest BCUT2D eigenvalue weighted by Crippen LogP contribution is 2.13. The topological polar surface area (TPSA) is 55.0 Å². The minimum atomic E-state index is 0.538. The van der Waals surface area contributed by atoms with Crippen molar-refractivity contribution in [2.75, 3.05) is 18.5 Å². The van der Waals surface area contributed by atoms with Gasteiger partial charge >= 0.3 is 0 Å². The molecular formula is C15H20N4. The Labute approximate surface area is 114 Å². The van der Waals surface area contributed by atoms with E-state index < -0.39 is 0 Å². The first-order valence-corrected chi connectivity index (χ1v) is 6.48. The molecular weight excluding hydrogens is 236 g/mol. The highest BCUT2D eigenvalue weighted by atomic mass is 15.2. The van der Waals surface area contributed by atoms with Crippen molar-refractivity contribution < 1.29 is 0 Å². The second-order valence-corrected chi connectivity index (χ2v) is 4.61. The smallest absolute Gasteiger partial charge is 0.128 e. The molecule has 2 aromatic heterocycles. The number of anilines is 1. The summed E-state index contributed by atoms with van der Waals surface area (Å²) in [7, 11) is 2.05. The van der Waals surface area contributed by atoms with E-state index in [4.69, 9.17) is 5.73 Å². The average molecular weight is 256 g/mol. The van der Waals surface area contributed by atoms with Gasteiger partial charge in [-0.1, -0.05) is 12.1 Å². The summed E-state index contributed by atoms with van der Waals surface area (Å²) in [6.45, 7) is 3.43. The van der Waals surface area contributed by atoms with Crippen LogP contribution in [0.4, 0.5) is 5.82 Å². The molecule has 0 fully saturated rings. The largest absolute Gasteiger partial charge is 0.359 e. The highest BCUT2D eigenvalue weighted by Gasteiger charge is 2.05. The molecule has 0 radical (unpaired) electrons. The van der Waals surface area contributed by atoms with Crippen LogP contribution >= 0.6 is 0 Å². The van der Waals surface area contributed by atoms with Crippen LogP contribution in [-0.4, -0.2) is 23.6 Å². The van der Waals surface area contributed by atoms with Gasteiger partial charge in [0.2, 0.25) is 0 Å². The molecule has 0 saturated heterocycles. The van der Waals surface area contributed by atoms with E-state index in [2.05, 4.69) is 20.9 Å². The summed E-state index contributed by atoms with van der Waals surface area (Å²) in [6.07, 6.45) is 2.74. The first-order valence-electron chi connectivity index (χ1n) is 6.48. The van der Waals surface area contributed by atoms with E-state index in [0.717, 1.165) is 35.7 Å². The van der Waals surface area contributed by atoms with Crippen LogP contribution in [0.1, 0.15) is 17.0 Å². The van der Waals surface area contributed by atoms with E-state index in [1.807, 2.05) is 44.4 Å². The molecule has 0 unspecified atom stereocenters. The second-order valence-electron chi connectivity index (χ2n) is 4.61. The van der Waals surface area contributed by atoms with Crippen LogP contribution in [0.25, 0.3) is 0 Å². The van der Waals surface area contributed by atoms with Crippen molar-refractivity contribution in [2.24, 2.45) is 5.73 Å². The number of pyridine rings is 2. The number of aromatic nitrogens is 2. The molecule has 4 nitrogen and oxygen atoms in total. The van der Waals surface area contributed by atoms with Gasteiger partial charge in [-0.25, -0.2) is 4.98 Å². The van der Waals surface area contributed by atoms with Gasteiger partial charge in [0.1, 0.15) is 5.82 Å². The molecule has 0 bridgehead atoms. The van der Waals surface area contributed by atoms with Gasteiger partial charge < -0.3 is 10.6 Å². The minimum absolute atomic E-state index is 0.538. The monoisotopic (exact) mass is 256 g/mol. The molecule has 2 rings (SSSR count). The van der Waals surface area contributed by atoms with Crippen LogP contribution < -0.4 is 10.6 Å². The normalized spacial score (nSPS) is 10.5. The number of hydrogen-bond donors (Lipinski definition) is 1. The zero-order chi connectivity index (χ0) is 13.7. The molecule has 0 spiro atoms. The van der Waals surface area contributed by atoms with E-state index in [-0.39, 0.29) is 0 Å². The SMILES string of the molecule is Cc1nc(N(C)CCc2ccccn2)ccc1CN. The standard InChI is InChI=1S/C15H20N4/c1-12-13(11-16)6-7-15(18-12)19(2)10-8-14-5-3-4-9-17-14/h3-7,9H,8,10-11,16H2,1-2H3. The predicted molar refractivity (Wildman–Crippen MR) is 78.1 cm³/mol. The maximum absolute atomic E-state index is 5.65. The summed E-state index contributed by atoms with van der Waals surface area (Å²) in [5.41, 5.74) is 8.85. The lowest BCUT2D eigenvalue weighted by atomic mass is 10.2. The van der Waals surface area contributed by atoms with Gasteiger partial charge in [-0.3, -0.25) is 4.98 Å². The first-order chi connectivity index (χ1) is 9.20. The Balaban J connectivity index is 2.00. The quantitative estimate of drug-likeness (QED) is 0.888. The van der Waals surface area contributed by atoms with Gasteiger partial charge in [-0.2, -0.15) is 0 Å². The van der Waals surface area contributed by atoms with Crippen molar-refractivity contribution in [1.82, 2.24) is 9.97 Å². The minimum Gasteiger partial charge on any atom is -0.359 e.